The Morgan fingerprint density at radius 2 is 2.10 bits per heavy atom. The molecular weight excluding hydrogens is 316 g/mol. The SMILES string of the molecule is CCc1cc(Br)ccc1NC(=O)CC(CN)CC(C)C. The molecule has 0 fully saturated rings. The molecule has 0 aliphatic carbocycles. The van der Waals surface area contributed by atoms with E-state index < -0.39 is 0 Å². The van der Waals surface area contributed by atoms with Gasteiger partial charge < -0.3 is 11.1 Å². The van der Waals surface area contributed by atoms with Crippen LogP contribution in [-0.4, -0.2) is 12.5 Å². The first-order valence-corrected chi connectivity index (χ1v) is 8.03. The Kier molecular flexibility index (Phi) is 7.24. The molecule has 0 aliphatic heterocycles. The van der Waals surface area contributed by atoms with E-state index in [0.29, 0.717) is 18.9 Å². The number of benzene rings is 1. The molecule has 3 N–H and O–H groups in total. The fraction of sp³-hybridized carbons (Fsp3) is 0.562. The standard InChI is InChI=1S/C16H25BrN2O/c1-4-13-9-14(17)5-6-15(13)19-16(20)8-12(10-18)7-11(2)3/h5-6,9,11-12H,4,7-8,10,18H2,1-3H3,(H,19,20). The Labute approximate surface area is 130 Å². The average Bonchev–Trinajstić information content (AvgIpc) is 2.39. The number of anilines is 1. The smallest absolute Gasteiger partial charge is 0.224 e. The van der Waals surface area contributed by atoms with Crippen LogP contribution in [-0.2, 0) is 11.2 Å². The van der Waals surface area contributed by atoms with Gasteiger partial charge in [-0.1, -0.05) is 36.7 Å². The third-order valence-corrected chi connectivity index (χ3v) is 3.83. The van der Waals surface area contributed by atoms with Crippen LogP contribution in [0.2, 0.25) is 0 Å². The minimum absolute atomic E-state index is 0.0538. The van der Waals surface area contributed by atoms with Crippen LogP contribution in [0.25, 0.3) is 0 Å². The molecule has 1 unspecified atom stereocenters. The van der Waals surface area contributed by atoms with Crippen molar-refractivity contribution in [2.75, 3.05) is 11.9 Å². The minimum atomic E-state index is 0.0538. The van der Waals surface area contributed by atoms with Crippen LogP contribution in [0, 0.1) is 11.8 Å². The number of hydrogen-bond donors (Lipinski definition) is 2. The Hall–Kier alpha value is -0.870. The zero-order valence-corrected chi connectivity index (χ0v) is 14.2. The minimum Gasteiger partial charge on any atom is -0.330 e. The number of amides is 1. The van der Waals surface area contributed by atoms with Crippen molar-refractivity contribution in [2.24, 2.45) is 17.6 Å². The van der Waals surface area contributed by atoms with Gasteiger partial charge in [-0.05, 0) is 55.0 Å². The maximum atomic E-state index is 12.1. The number of nitrogens with two attached hydrogens (primary N) is 1. The van der Waals surface area contributed by atoms with Crippen molar-refractivity contribution in [2.45, 2.75) is 40.0 Å². The maximum absolute atomic E-state index is 12.1. The van der Waals surface area contributed by atoms with Crippen molar-refractivity contribution in [3.05, 3.63) is 28.2 Å². The molecule has 1 amide bonds. The number of aryl methyl sites for hydroxylation is 1. The molecule has 0 aromatic heterocycles. The fourth-order valence-corrected chi connectivity index (χ4v) is 2.78. The lowest BCUT2D eigenvalue weighted by Crippen LogP contribution is -2.23. The predicted molar refractivity (Wildman–Crippen MR) is 88.8 cm³/mol. The molecule has 0 radical (unpaired) electrons. The zero-order valence-electron chi connectivity index (χ0n) is 12.6. The molecule has 20 heavy (non-hydrogen) atoms. The molecule has 1 aromatic carbocycles. The van der Waals surface area contributed by atoms with Crippen molar-refractivity contribution >= 4 is 27.5 Å². The Morgan fingerprint density at radius 1 is 1.40 bits per heavy atom. The van der Waals surface area contributed by atoms with E-state index in [2.05, 4.69) is 42.0 Å². The molecular formula is C16H25BrN2O. The summed E-state index contributed by atoms with van der Waals surface area (Å²) >= 11 is 3.45. The topological polar surface area (TPSA) is 55.1 Å². The molecule has 112 valence electrons. The first-order valence-electron chi connectivity index (χ1n) is 7.24. The highest BCUT2D eigenvalue weighted by atomic mass is 79.9. The van der Waals surface area contributed by atoms with E-state index in [1.165, 1.54) is 0 Å². The van der Waals surface area contributed by atoms with Crippen LogP contribution in [0.15, 0.2) is 22.7 Å². The lowest BCUT2D eigenvalue weighted by Gasteiger charge is -2.17. The van der Waals surface area contributed by atoms with E-state index in [4.69, 9.17) is 5.73 Å². The van der Waals surface area contributed by atoms with Gasteiger partial charge in [0.15, 0.2) is 0 Å². The van der Waals surface area contributed by atoms with Gasteiger partial charge in [-0.15, -0.1) is 0 Å². The van der Waals surface area contributed by atoms with Crippen LogP contribution in [0.1, 0.15) is 39.2 Å². The van der Waals surface area contributed by atoms with Crippen LogP contribution >= 0.6 is 15.9 Å². The molecule has 3 nitrogen and oxygen atoms in total. The van der Waals surface area contributed by atoms with Gasteiger partial charge >= 0.3 is 0 Å². The molecule has 0 bridgehead atoms. The number of carbonyl (C=O) groups is 1. The highest BCUT2D eigenvalue weighted by Gasteiger charge is 2.15. The number of carbonyl (C=O) groups excluding carboxylic acids is 1. The van der Waals surface area contributed by atoms with Crippen molar-refractivity contribution in [3.63, 3.8) is 0 Å². The summed E-state index contributed by atoms with van der Waals surface area (Å²) < 4.78 is 1.03. The molecule has 0 saturated heterocycles. The lowest BCUT2D eigenvalue weighted by atomic mass is 9.94. The van der Waals surface area contributed by atoms with Gasteiger partial charge in [0.2, 0.25) is 5.91 Å². The van der Waals surface area contributed by atoms with E-state index in [9.17, 15) is 4.79 Å². The second-order valence-corrected chi connectivity index (χ2v) is 6.55. The third-order valence-electron chi connectivity index (χ3n) is 3.33. The van der Waals surface area contributed by atoms with Crippen LogP contribution in [0.5, 0.6) is 0 Å². The normalized spacial score (nSPS) is 12.5. The second kappa shape index (κ2) is 8.42. The molecule has 0 spiro atoms. The molecule has 1 rings (SSSR count). The van der Waals surface area contributed by atoms with Gasteiger partial charge in [-0.25, -0.2) is 0 Å². The zero-order chi connectivity index (χ0) is 15.1. The summed E-state index contributed by atoms with van der Waals surface area (Å²) in [5, 5.41) is 3.01. The summed E-state index contributed by atoms with van der Waals surface area (Å²) in [5.74, 6) is 0.879. The molecule has 1 atom stereocenters. The van der Waals surface area contributed by atoms with Crippen LogP contribution in [0.3, 0.4) is 0 Å². The summed E-state index contributed by atoms with van der Waals surface area (Å²) in [6.07, 6.45) is 2.38. The summed E-state index contributed by atoms with van der Waals surface area (Å²) in [6.45, 7) is 6.96. The van der Waals surface area contributed by atoms with Crippen molar-refractivity contribution in [1.82, 2.24) is 0 Å². The van der Waals surface area contributed by atoms with Gasteiger partial charge in [0.25, 0.3) is 0 Å². The highest BCUT2D eigenvalue weighted by Crippen LogP contribution is 2.22. The van der Waals surface area contributed by atoms with Crippen LogP contribution < -0.4 is 11.1 Å². The second-order valence-electron chi connectivity index (χ2n) is 5.64. The summed E-state index contributed by atoms with van der Waals surface area (Å²) in [7, 11) is 0. The molecule has 1 aromatic rings. The van der Waals surface area contributed by atoms with E-state index in [1.54, 1.807) is 0 Å². The molecule has 0 aliphatic rings. The van der Waals surface area contributed by atoms with E-state index >= 15 is 0 Å². The van der Waals surface area contributed by atoms with E-state index in [0.717, 1.165) is 28.6 Å². The number of nitrogens with one attached hydrogen (secondary N) is 1. The number of rotatable bonds is 7. The Morgan fingerprint density at radius 3 is 2.65 bits per heavy atom. The summed E-state index contributed by atoms with van der Waals surface area (Å²) in [6, 6.07) is 5.94. The highest BCUT2D eigenvalue weighted by molar-refractivity contribution is 9.10. The van der Waals surface area contributed by atoms with Gasteiger partial charge in [-0.2, -0.15) is 0 Å². The van der Waals surface area contributed by atoms with Gasteiger partial charge in [0, 0.05) is 16.6 Å². The number of halogens is 1. The van der Waals surface area contributed by atoms with Gasteiger partial charge in [0.05, 0.1) is 0 Å². The Bertz CT molecular complexity index is 446. The average molecular weight is 341 g/mol. The summed E-state index contributed by atoms with van der Waals surface area (Å²) in [5.41, 5.74) is 7.80. The van der Waals surface area contributed by atoms with Gasteiger partial charge in [0.1, 0.15) is 0 Å². The van der Waals surface area contributed by atoms with Crippen molar-refractivity contribution in [3.8, 4) is 0 Å². The maximum Gasteiger partial charge on any atom is 0.224 e. The van der Waals surface area contributed by atoms with E-state index in [1.807, 2.05) is 18.2 Å². The first kappa shape index (κ1) is 17.2. The van der Waals surface area contributed by atoms with Crippen molar-refractivity contribution < 1.29 is 4.79 Å². The summed E-state index contributed by atoms with van der Waals surface area (Å²) in [4.78, 5) is 12.1. The predicted octanol–water partition coefficient (Wildman–Crippen LogP) is 3.96. The van der Waals surface area contributed by atoms with Gasteiger partial charge in [-0.3, -0.25) is 4.79 Å². The fourth-order valence-electron chi connectivity index (χ4n) is 2.37. The Balaban J connectivity index is 2.66. The monoisotopic (exact) mass is 340 g/mol. The number of hydrogen-bond acceptors (Lipinski definition) is 2. The first-order chi connectivity index (χ1) is 9.46. The van der Waals surface area contributed by atoms with Crippen molar-refractivity contribution in [1.29, 1.82) is 0 Å². The molecule has 4 heteroatoms. The molecule has 0 heterocycles. The third kappa shape index (κ3) is 5.63. The van der Waals surface area contributed by atoms with E-state index in [-0.39, 0.29) is 11.8 Å². The largest absolute Gasteiger partial charge is 0.330 e. The molecule has 0 saturated carbocycles. The quantitative estimate of drug-likeness (QED) is 0.789. The lowest BCUT2D eigenvalue weighted by molar-refractivity contribution is -0.117. The van der Waals surface area contributed by atoms with Crippen LogP contribution in [0.4, 0.5) is 5.69 Å².